The van der Waals surface area contributed by atoms with Crippen LogP contribution in [0.1, 0.15) is 31.2 Å². The third kappa shape index (κ3) is 4.97. The van der Waals surface area contributed by atoms with Crippen molar-refractivity contribution in [2.45, 2.75) is 38.3 Å². The Labute approximate surface area is 155 Å². The Kier molecular flexibility index (Phi) is 6.50. The Morgan fingerprint density at radius 3 is 2.58 bits per heavy atom. The molecule has 1 unspecified atom stereocenters. The van der Waals surface area contributed by atoms with Gasteiger partial charge in [-0.3, -0.25) is 4.79 Å². The van der Waals surface area contributed by atoms with Crippen LogP contribution in [-0.4, -0.2) is 61.0 Å². The molecule has 1 atom stereocenters. The van der Waals surface area contributed by atoms with Gasteiger partial charge in [0.25, 0.3) is 0 Å². The highest BCUT2D eigenvalue weighted by Crippen LogP contribution is 2.19. The predicted molar refractivity (Wildman–Crippen MR) is 102 cm³/mol. The molecule has 3 amide bonds. The van der Waals surface area contributed by atoms with E-state index in [2.05, 4.69) is 10.6 Å². The van der Waals surface area contributed by atoms with Gasteiger partial charge >= 0.3 is 6.03 Å². The molecular weight excluding hydrogens is 328 g/mol. The highest BCUT2D eigenvalue weighted by molar-refractivity contribution is 5.80. The maximum atomic E-state index is 12.6. The molecule has 6 heteroatoms. The topological polar surface area (TPSA) is 64.7 Å². The van der Waals surface area contributed by atoms with Crippen molar-refractivity contribution in [3.8, 4) is 0 Å². The molecule has 6 nitrogen and oxygen atoms in total. The molecule has 1 aromatic carbocycles. The Morgan fingerprint density at radius 2 is 1.92 bits per heavy atom. The highest BCUT2D eigenvalue weighted by Gasteiger charge is 2.29. The number of hydrogen-bond donors (Lipinski definition) is 2. The number of urea groups is 1. The van der Waals surface area contributed by atoms with Gasteiger partial charge in [-0.2, -0.15) is 0 Å². The van der Waals surface area contributed by atoms with Crippen LogP contribution in [-0.2, 0) is 11.3 Å². The monoisotopic (exact) mass is 358 g/mol. The number of carbonyl (C=O) groups excluding carboxylic acids is 2. The number of hydrogen-bond acceptors (Lipinski definition) is 3. The summed E-state index contributed by atoms with van der Waals surface area (Å²) in [4.78, 5) is 28.7. The lowest BCUT2D eigenvalue weighted by Gasteiger charge is -2.35. The van der Waals surface area contributed by atoms with Crippen LogP contribution in [0.15, 0.2) is 30.3 Å². The van der Waals surface area contributed by atoms with Crippen LogP contribution >= 0.6 is 0 Å². The van der Waals surface area contributed by atoms with Gasteiger partial charge in [-0.15, -0.1) is 0 Å². The number of likely N-dealkylation sites (tertiary alicyclic amines) is 1. The summed E-state index contributed by atoms with van der Waals surface area (Å²) in [5, 5.41) is 6.50. The maximum Gasteiger partial charge on any atom is 0.320 e. The first kappa shape index (κ1) is 18.7. The third-order valence-electron chi connectivity index (χ3n) is 5.37. The molecule has 0 spiro atoms. The number of benzene rings is 1. The summed E-state index contributed by atoms with van der Waals surface area (Å²) in [7, 11) is 1.84. The average molecular weight is 358 g/mol. The SMILES string of the molecule is CN(Cc1ccccc1)C(=O)N1CCC(C(=O)NC2CCCNC2)CC1. The summed E-state index contributed by atoms with van der Waals surface area (Å²) in [6.07, 6.45) is 3.67. The van der Waals surface area contributed by atoms with Crippen molar-refractivity contribution in [2.75, 3.05) is 33.2 Å². The first-order chi connectivity index (χ1) is 12.6. The zero-order valence-corrected chi connectivity index (χ0v) is 15.6. The molecule has 0 aliphatic carbocycles. The first-order valence-corrected chi connectivity index (χ1v) is 9.68. The second-order valence-corrected chi connectivity index (χ2v) is 7.44. The van der Waals surface area contributed by atoms with Gasteiger partial charge in [-0.05, 0) is 37.8 Å². The van der Waals surface area contributed by atoms with Crippen molar-refractivity contribution < 1.29 is 9.59 Å². The molecule has 142 valence electrons. The van der Waals surface area contributed by atoms with Crippen molar-refractivity contribution in [3.63, 3.8) is 0 Å². The van der Waals surface area contributed by atoms with E-state index in [-0.39, 0.29) is 23.9 Å². The minimum atomic E-state index is 0.0282. The van der Waals surface area contributed by atoms with Crippen LogP contribution in [0.25, 0.3) is 0 Å². The second-order valence-electron chi connectivity index (χ2n) is 7.44. The fourth-order valence-corrected chi connectivity index (χ4v) is 3.79. The van der Waals surface area contributed by atoms with E-state index >= 15 is 0 Å². The second kappa shape index (κ2) is 9.03. The van der Waals surface area contributed by atoms with E-state index < -0.39 is 0 Å². The molecule has 1 aromatic rings. The fourth-order valence-electron chi connectivity index (χ4n) is 3.79. The van der Waals surface area contributed by atoms with Crippen LogP contribution in [0.5, 0.6) is 0 Å². The largest absolute Gasteiger partial charge is 0.352 e. The van der Waals surface area contributed by atoms with Gasteiger partial charge in [0.2, 0.25) is 5.91 Å². The maximum absolute atomic E-state index is 12.6. The van der Waals surface area contributed by atoms with E-state index in [1.54, 1.807) is 4.90 Å². The summed E-state index contributed by atoms with van der Waals surface area (Å²) in [6, 6.07) is 10.3. The number of rotatable bonds is 4. The van der Waals surface area contributed by atoms with E-state index in [1.807, 2.05) is 42.3 Å². The van der Waals surface area contributed by atoms with Crippen molar-refractivity contribution in [1.29, 1.82) is 0 Å². The lowest BCUT2D eigenvalue weighted by molar-refractivity contribution is -0.127. The third-order valence-corrected chi connectivity index (χ3v) is 5.37. The molecule has 0 radical (unpaired) electrons. The molecule has 2 N–H and O–H groups in total. The van der Waals surface area contributed by atoms with E-state index in [1.165, 1.54) is 0 Å². The van der Waals surface area contributed by atoms with Gasteiger partial charge < -0.3 is 20.4 Å². The Hall–Kier alpha value is -2.08. The summed E-state index contributed by atoms with van der Waals surface area (Å²) >= 11 is 0. The van der Waals surface area contributed by atoms with Gasteiger partial charge in [0.1, 0.15) is 0 Å². The summed E-state index contributed by atoms with van der Waals surface area (Å²) < 4.78 is 0. The number of amides is 3. The van der Waals surface area contributed by atoms with Crippen molar-refractivity contribution >= 4 is 11.9 Å². The normalized spacial score (nSPS) is 21.3. The van der Waals surface area contributed by atoms with Gasteiger partial charge in [-0.25, -0.2) is 4.79 Å². The minimum absolute atomic E-state index is 0.0282. The first-order valence-electron chi connectivity index (χ1n) is 9.68. The molecule has 2 aliphatic rings. The summed E-state index contributed by atoms with van der Waals surface area (Å²) in [6.45, 7) is 3.82. The molecule has 2 saturated heterocycles. The van der Waals surface area contributed by atoms with Crippen LogP contribution in [0.3, 0.4) is 0 Å². The molecule has 0 saturated carbocycles. The zero-order valence-electron chi connectivity index (χ0n) is 15.6. The van der Waals surface area contributed by atoms with E-state index in [9.17, 15) is 9.59 Å². The molecule has 26 heavy (non-hydrogen) atoms. The Morgan fingerprint density at radius 1 is 1.19 bits per heavy atom. The Bertz CT molecular complexity index is 593. The van der Waals surface area contributed by atoms with Crippen molar-refractivity contribution in [1.82, 2.24) is 20.4 Å². The standard InChI is InChI=1S/C20H30N4O2/c1-23(15-16-6-3-2-4-7-16)20(26)24-12-9-17(10-13-24)19(25)22-18-8-5-11-21-14-18/h2-4,6-7,17-18,21H,5,8-15H2,1H3,(H,22,25). The summed E-state index contributed by atoms with van der Waals surface area (Å²) in [5.41, 5.74) is 1.12. The quantitative estimate of drug-likeness (QED) is 0.863. The molecule has 0 aromatic heterocycles. The number of carbonyl (C=O) groups is 2. The van der Waals surface area contributed by atoms with Gasteiger partial charge in [-0.1, -0.05) is 30.3 Å². The molecule has 2 fully saturated rings. The summed E-state index contributed by atoms with van der Waals surface area (Å²) in [5.74, 6) is 0.184. The van der Waals surface area contributed by atoms with Crippen LogP contribution in [0.2, 0.25) is 0 Å². The van der Waals surface area contributed by atoms with Gasteiger partial charge in [0.05, 0.1) is 0 Å². The number of piperidine rings is 2. The van der Waals surface area contributed by atoms with E-state index in [4.69, 9.17) is 0 Å². The van der Waals surface area contributed by atoms with Crippen LogP contribution in [0.4, 0.5) is 4.79 Å². The van der Waals surface area contributed by atoms with Crippen molar-refractivity contribution in [2.24, 2.45) is 5.92 Å². The minimum Gasteiger partial charge on any atom is -0.352 e. The molecule has 2 aliphatic heterocycles. The predicted octanol–water partition coefficient (Wildman–Crippen LogP) is 1.82. The highest BCUT2D eigenvalue weighted by atomic mass is 16.2. The fraction of sp³-hybridized carbons (Fsp3) is 0.600. The van der Waals surface area contributed by atoms with Gasteiger partial charge in [0.15, 0.2) is 0 Å². The van der Waals surface area contributed by atoms with Gasteiger partial charge in [0, 0.05) is 45.2 Å². The smallest absolute Gasteiger partial charge is 0.320 e. The lowest BCUT2D eigenvalue weighted by atomic mass is 9.95. The van der Waals surface area contributed by atoms with E-state index in [0.29, 0.717) is 19.6 Å². The Balaban J connectivity index is 1.43. The average Bonchev–Trinajstić information content (AvgIpc) is 2.69. The molecular formula is C20H30N4O2. The lowest BCUT2D eigenvalue weighted by Crippen LogP contribution is -2.50. The van der Waals surface area contributed by atoms with Crippen LogP contribution < -0.4 is 10.6 Å². The number of nitrogens with one attached hydrogen (secondary N) is 2. The molecule has 2 heterocycles. The van der Waals surface area contributed by atoms with Crippen molar-refractivity contribution in [3.05, 3.63) is 35.9 Å². The number of nitrogens with zero attached hydrogens (tertiary/aromatic N) is 2. The molecule has 3 rings (SSSR count). The van der Waals surface area contributed by atoms with Crippen LogP contribution in [0, 0.1) is 5.92 Å². The zero-order chi connectivity index (χ0) is 18.4. The molecule has 0 bridgehead atoms. The van der Waals surface area contributed by atoms with E-state index in [0.717, 1.165) is 44.3 Å².